The summed E-state index contributed by atoms with van der Waals surface area (Å²) in [6, 6.07) is 2.86. The Labute approximate surface area is 74.6 Å². The average Bonchev–Trinajstić information content (AvgIpc) is 2.03. The van der Waals surface area contributed by atoms with Gasteiger partial charge in [-0.15, -0.1) is 0 Å². The summed E-state index contributed by atoms with van der Waals surface area (Å²) in [6.07, 6.45) is 1.34. The molecular formula is C6H9N4O2P. The molecule has 0 aliphatic heterocycles. The molecule has 0 radical (unpaired) electrons. The smallest absolute Gasteiger partial charge is 0.254 e. The lowest BCUT2D eigenvalue weighted by Gasteiger charge is -2.08. The van der Waals surface area contributed by atoms with Crippen molar-refractivity contribution in [1.29, 1.82) is 0 Å². The second-order valence-corrected chi connectivity index (χ2v) is 4.29. The van der Waals surface area contributed by atoms with E-state index < -0.39 is 13.4 Å². The Morgan fingerprint density at radius 2 is 2.08 bits per heavy atom. The van der Waals surface area contributed by atoms with Crippen molar-refractivity contribution >= 4 is 18.8 Å². The number of nitrogens with zero attached hydrogens (tertiary/aromatic N) is 1. The predicted molar refractivity (Wildman–Crippen MR) is 48.4 cm³/mol. The topological polar surface area (TPSA) is 125 Å². The molecule has 13 heavy (non-hydrogen) atoms. The maximum Gasteiger partial charge on any atom is 0.254 e. The molecule has 0 unspecified atom stereocenters. The van der Waals surface area contributed by atoms with Gasteiger partial charge in [-0.1, -0.05) is 0 Å². The van der Waals surface area contributed by atoms with Crippen LogP contribution in [0.25, 0.3) is 0 Å². The third kappa shape index (κ3) is 2.12. The number of primary amides is 1. The van der Waals surface area contributed by atoms with Crippen LogP contribution in [0.3, 0.4) is 0 Å². The van der Waals surface area contributed by atoms with E-state index in [1.165, 1.54) is 18.3 Å². The van der Waals surface area contributed by atoms with E-state index in [9.17, 15) is 9.36 Å². The molecular weight excluding hydrogens is 191 g/mol. The Balaban J connectivity index is 3.37. The lowest BCUT2D eigenvalue weighted by atomic mass is 10.3. The summed E-state index contributed by atoms with van der Waals surface area (Å²) in [6.45, 7) is 0. The van der Waals surface area contributed by atoms with Gasteiger partial charge >= 0.3 is 0 Å². The van der Waals surface area contributed by atoms with E-state index in [4.69, 9.17) is 16.7 Å². The van der Waals surface area contributed by atoms with E-state index in [2.05, 4.69) is 4.98 Å². The van der Waals surface area contributed by atoms with E-state index in [1.54, 1.807) is 0 Å². The lowest BCUT2D eigenvalue weighted by Crippen LogP contribution is -2.29. The fraction of sp³-hybridized carbons (Fsp3) is 0. The standard InChI is InChI=1S/C6H9N4O2P/c7-5(11)4-2-1-3-10-6(4)13(8,9)12/h1-3H,(H2,7,11)(H4,8,9,12). The number of pyridine rings is 1. The van der Waals surface area contributed by atoms with Crippen molar-refractivity contribution in [2.75, 3.05) is 0 Å². The predicted octanol–water partition coefficient (Wildman–Crippen LogP) is -1.08. The van der Waals surface area contributed by atoms with E-state index in [0.717, 1.165) is 0 Å². The number of rotatable bonds is 2. The summed E-state index contributed by atoms with van der Waals surface area (Å²) in [4.78, 5) is 14.5. The van der Waals surface area contributed by atoms with Crippen LogP contribution < -0.4 is 22.2 Å². The van der Waals surface area contributed by atoms with Gasteiger partial charge in [-0.2, -0.15) is 0 Å². The fourth-order valence-electron chi connectivity index (χ4n) is 0.868. The average molecular weight is 200 g/mol. The van der Waals surface area contributed by atoms with Crippen molar-refractivity contribution in [3.05, 3.63) is 23.9 Å². The van der Waals surface area contributed by atoms with Crippen LogP contribution in [0.4, 0.5) is 0 Å². The summed E-state index contributed by atoms with van der Waals surface area (Å²) < 4.78 is 11.2. The van der Waals surface area contributed by atoms with Gasteiger partial charge in [0.2, 0.25) is 0 Å². The maximum absolute atomic E-state index is 11.2. The zero-order valence-corrected chi connectivity index (χ0v) is 7.57. The molecule has 0 bridgehead atoms. The van der Waals surface area contributed by atoms with Crippen LogP contribution in [0, 0.1) is 0 Å². The first-order chi connectivity index (χ1) is 5.93. The van der Waals surface area contributed by atoms with Crippen molar-refractivity contribution in [2.45, 2.75) is 0 Å². The Bertz CT molecular complexity index is 386. The van der Waals surface area contributed by atoms with Crippen molar-refractivity contribution in [3.8, 4) is 0 Å². The minimum Gasteiger partial charge on any atom is -0.366 e. The first-order valence-electron chi connectivity index (χ1n) is 3.35. The quantitative estimate of drug-likeness (QED) is 0.523. The van der Waals surface area contributed by atoms with Gasteiger partial charge in [-0.05, 0) is 12.1 Å². The molecule has 1 aromatic rings. The summed E-state index contributed by atoms with van der Waals surface area (Å²) >= 11 is 0. The van der Waals surface area contributed by atoms with Gasteiger partial charge in [-0.25, -0.2) is 4.98 Å². The molecule has 0 aliphatic carbocycles. The lowest BCUT2D eigenvalue weighted by molar-refractivity contribution is 0.100. The number of hydrogen-bond donors (Lipinski definition) is 3. The van der Waals surface area contributed by atoms with Crippen LogP contribution in [0.15, 0.2) is 18.3 Å². The number of aromatic nitrogens is 1. The van der Waals surface area contributed by atoms with E-state index in [0.29, 0.717) is 0 Å². The van der Waals surface area contributed by atoms with Crippen molar-refractivity contribution in [3.63, 3.8) is 0 Å². The highest BCUT2D eigenvalue weighted by Gasteiger charge is 2.21. The highest BCUT2D eigenvalue weighted by Crippen LogP contribution is 2.23. The second-order valence-electron chi connectivity index (χ2n) is 2.45. The molecule has 0 spiro atoms. The van der Waals surface area contributed by atoms with Crippen LogP contribution in [0.1, 0.15) is 10.4 Å². The summed E-state index contributed by atoms with van der Waals surface area (Å²) in [5.41, 5.74) is 15.2. The van der Waals surface area contributed by atoms with Gasteiger partial charge in [0.15, 0.2) is 0 Å². The number of hydrogen-bond acceptors (Lipinski definition) is 3. The van der Waals surface area contributed by atoms with Gasteiger partial charge in [0.25, 0.3) is 13.4 Å². The molecule has 0 fully saturated rings. The van der Waals surface area contributed by atoms with Gasteiger partial charge < -0.3 is 5.73 Å². The molecule has 1 aromatic heterocycles. The van der Waals surface area contributed by atoms with Crippen LogP contribution >= 0.6 is 7.44 Å². The first-order valence-corrected chi connectivity index (χ1v) is 5.20. The molecule has 1 heterocycles. The minimum absolute atomic E-state index is 0.00386. The number of carbonyl (C=O) groups is 1. The maximum atomic E-state index is 11.2. The monoisotopic (exact) mass is 200 g/mol. The largest absolute Gasteiger partial charge is 0.366 e. The van der Waals surface area contributed by atoms with Crippen molar-refractivity contribution in [1.82, 2.24) is 4.98 Å². The molecule has 1 rings (SSSR count). The zero-order chi connectivity index (χ0) is 10.1. The van der Waals surface area contributed by atoms with Gasteiger partial charge in [0, 0.05) is 6.20 Å². The van der Waals surface area contributed by atoms with Gasteiger partial charge in [-0.3, -0.25) is 20.4 Å². The summed E-state index contributed by atoms with van der Waals surface area (Å²) in [5.74, 6) is -0.751. The SMILES string of the molecule is NC(=O)c1cccnc1P(N)(N)=O. The molecule has 7 heteroatoms. The van der Waals surface area contributed by atoms with Crippen LogP contribution in [-0.2, 0) is 4.57 Å². The molecule has 0 atom stereocenters. The molecule has 0 saturated carbocycles. The van der Waals surface area contributed by atoms with Crippen LogP contribution in [-0.4, -0.2) is 10.9 Å². The Kier molecular flexibility index (Phi) is 2.47. The highest BCUT2D eigenvalue weighted by atomic mass is 31.2. The number of amides is 1. The zero-order valence-electron chi connectivity index (χ0n) is 6.68. The van der Waals surface area contributed by atoms with Crippen molar-refractivity contribution < 1.29 is 9.36 Å². The van der Waals surface area contributed by atoms with Gasteiger partial charge in [0.05, 0.1) is 5.56 Å². The summed E-state index contributed by atoms with van der Waals surface area (Å²) in [5, 5.41) is 0. The van der Waals surface area contributed by atoms with Crippen LogP contribution in [0.2, 0.25) is 0 Å². The highest BCUT2D eigenvalue weighted by molar-refractivity contribution is 7.66. The van der Waals surface area contributed by atoms with E-state index in [1.807, 2.05) is 0 Å². The Morgan fingerprint density at radius 3 is 2.46 bits per heavy atom. The molecule has 0 saturated heterocycles. The Morgan fingerprint density at radius 1 is 1.46 bits per heavy atom. The third-order valence-corrected chi connectivity index (χ3v) is 2.40. The number of nitrogens with two attached hydrogens (primary N) is 3. The van der Waals surface area contributed by atoms with E-state index >= 15 is 0 Å². The fourth-order valence-corrected chi connectivity index (χ4v) is 1.68. The Hall–Kier alpha value is -1.23. The molecule has 0 aliphatic rings. The minimum atomic E-state index is -3.52. The molecule has 70 valence electrons. The molecule has 0 aromatic carbocycles. The molecule has 6 nitrogen and oxygen atoms in total. The van der Waals surface area contributed by atoms with Crippen molar-refractivity contribution in [2.24, 2.45) is 16.7 Å². The second kappa shape index (κ2) is 3.26. The van der Waals surface area contributed by atoms with E-state index in [-0.39, 0.29) is 11.0 Å². The molecule has 1 amide bonds. The number of carbonyl (C=O) groups excluding carboxylic acids is 1. The van der Waals surface area contributed by atoms with Crippen LogP contribution in [0.5, 0.6) is 0 Å². The van der Waals surface area contributed by atoms with Gasteiger partial charge in [0.1, 0.15) is 5.44 Å². The third-order valence-electron chi connectivity index (χ3n) is 1.38. The summed E-state index contributed by atoms with van der Waals surface area (Å²) in [7, 11) is -3.52. The normalized spacial score (nSPS) is 11.2. The first kappa shape index (κ1) is 9.85. The molecule has 6 N–H and O–H groups in total.